The zero-order valence-electron chi connectivity index (χ0n) is 13.4. The Balaban J connectivity index is 2.10. The van der Waals surface area contributed by atoms with Crippen LogP contribution in [0.15, 0.2) is 36.4 Å². The fraction of sp³-hybridized carbons (Fsp3) is 0.353. The highest BCUT2D eigenvalue weighted by molar-refractivity contribution is 5.96. The Morgan fingerprint density at radius 1 is 1.14 bits per heavy atom. The van der Waals surface area contributed by atoms with Gasteiger partial charge in [0.15, 0.2) is 0 Å². The highest BCUT2D eigenvalue weighted by Crippen LogP contribution is 2.12. The van der Waals surface area contributed by atoms with E-state index in [9.17, 15) is 9.59 Å². The molecular weight excluding hydrogens is 278 g/mol. The molecule has 5 nitrogen and oxygen atoms in total. The molecule has 0 fully saturated rings. The number of rotatable bonds is 3. The van der Waals surface area contributed by atoms with Gasteiger partial charge >= 0.3 is 0 Å². The van der Waals surface area contributed by atoms with E-state index in [1.807, 2.05) is 51.1 Å². The largest absolute Gasteiger partial charge is 0.350 e. The maximum Gasteiger partial charge on any atom is 0.272 e. The third kappa shape index (κ3) is 4.04. The molecule has 2 aromatic rings. The molecule has 1 heterocycles. The quantitative estimate of drug-likeness (QED) is 0.945. The van der Waals surface area contributed by atoms with Crippen LogP contribution in [-0.2, 0) is 4.79 Å². The summed E-state index contributed by atoms with van der Waals surface area (Å²) < 4.78 is 0. The summed E-state index contributed by atoms with van der Waals surface area (Å²) in [6.45, 7) is 5.71. The number of nitrogens with one attached hydrogen (secondary N) is 1. The molecule has 116 valence electrons. The number of hydrogen-bond acceptors (Lipinski definition) is 3. The third-order valence-corrected chi connectivity index (χ3v) is 3.06. The van der Waals surface area contributed by atoms with Gasteiger partial charge in [0.25, 0.3) is 5.91 Å². The maximum absolute atomic E-state index is 12.4. The lowest BCUT2D eigenvalue weighted by Gasteiger charge is -2.23. The molecule has 0 spiro atoms. The van der Waals surface area contributed by atoms with Crippen LogP contribution in [0.4, 0.5) is 0 Å². The van der Waals surface area contributed by atoms with Gasteiger partial charge in [0.1, 0.15) is 5.69 Å². The van der Waals surface area contributed by atoms with Crippen molar-refractivity contribution >= 4 is 22.7 Å². The van der Waals surface area contributed by atoms with Gasteiger partial charge in [-0.25, -0.2) is 4.98 Å². The Labute approximate surface area is 130 Å². The van der Waals surface area contributed by atoms with Crippen molar-refractivity contribution in [2.45, 2.75) is 26.3 Å². The molecule has 0 aliphatic heterocycles. The molecular formula is C17H21N3O2. The Hall–Kier alpha value is -2.43. The molecule has 0 unspecified atom stereocenters. The van der Waals surface area contributed by atoms with Crippen molar-refractivity contribution in [2.75, 3.05) is 13.6 Å². The molecule has 5 heteroatoms. The van der Waals surface area contributed by atoms with Crippen molar-refractivity contribution in [3.63, 3.8) is 0 Å². The number of pyridine rings is 1. The molecule has 0 saturated carbocycles. The molecule has 1 N–H and O–H groups in total. The molecule has 0 aliphatic rings. The van der Waals surface area contributed by atoms with Crippen LogP contribution in [0.2, 0.25) is 0 Å². The molecule has 0 aliphatic carbocycles. The predicted octanol–water partition coefficient (Wildman–Crippen LogP) is 2.22. The zero-order chi connectivity index (χ0) is 16.3. The van der Waals surface area contributed by atoms with E-state index in [-0.39, 0.29) is 23.9 Å². The van der Waals surface area contributed by atoms with Gasteiger partial charge in [-0.1, -0.05) is 24.3 Å². The summed E-state index contributed by atoms with van der Waals surface area (Å²) >= 11 is 0. The number of fused-ring (bicyclic) bond motifs is 1. The molecule has 0 saturated heterocycles. The molecule has 1 aromatic heterocycles. The molecule has 2 amide bonds. The van der Waals surface area contributed by atoms with Crippen molar-refractivity contribution in [3.8, 4) is 0 Å². The van der Waals surface area contributed by atoms with E-state index < -0.39 is 0 Å². The summed E-state index contributed by atoms with van der Waals surface area (Å²) in [5, 5.41) is 3.81. The minimum absolute atomic E-state index is 0.00457. The smallest absolute Gasteiger partial charge is 0.272 e. The maximum atomic E-state index is 12.4. The molecule has 0 radical (unpaired) electrons. The van der Waals surface area contributed by atoms with Crippen LogP contribution < -0.4 is 5.32 Å². The average molecular weight is 299 g/mol. The number of nitrogens with zero attached hydrogens (tertiary/aromatic N) is 2. The number of carbonyl (C=O) groups is 2. The zero-order valence-corrected chi connectivity index (χ0v) is 13.4. The van der Waals surface area contributed by atoms with Crippen LogP contribution in [0.25, 0.3) is 10.9 Å². The number of aromatic nitrogens is 1. The fourth-order valence-corrected chi connectivity index (χ4v) is 2.13. The van der Waals surface area contributed by atoms with E-state index in [2.05, 4.69) is 10.3 Å². The summed E-state index contributed by atoms with van der Waals surface area (Å²) in [7, 11) is 1.60. The fourth-order valence-electron chi connectivity index (χ4n) is 2.13. The van der Waals surface area contributed by atoms with Crippen molar-refractivity contribution in [1.29, 1.82) is 0 Å². The first kappa shape index (κ1) is 15.9. The van der Waals surface area contributed by atoms with E-state index in [0.717, 1.165) is 10.9 Å². The van der Waals surface area contributed by atoms with E-state index >= 15 is 0 Å². The van der Waals surface area contributed by atoms with Crippen molar-refractivity contribution < 1.29 is 9.59 Å². The highest BCUT2D eigenvalue weighted by atomic mass is 16.2. The second-order valence-corrected chi connectivity index (χ2v) is 6.35. The van der Waals surface area contributed by atoms with E-state index in [1.54, 1.807) is 13.1 Å². The SMILES string of the molecule is CN(CC(=O)NC(C)(C)C)C(=O)c1ccc2ccccc2n1. The van der Waals surface area contributed by atoms with E-state index in [1.165, 1.54) is 4.90 Å². The van der Waals surface area contributed by atoms with Gasteiger partial charge in [-0.2, -0.15) is 0 Å². The van der Waals surface area contributed by atoms with Gasteiger partial charge in [0.05, 0.1) is 12.1 Å². The number of amides is 2. The topological polar surface area (TPSA) is 62.3 Å². The van der Waals surface area contributed by atoms with Crippen LogP contribution in [0.1, 0.15) is 31.3 Å². The molecule has 0 bridgehead atoms. The Morgan fingerprint density at radius 2 is 1.82 bits per heavy atom. The lowest BCUT2D eigenvalue weighted by Crippen LogP contribution is -2.46. The lowest BCUT2D eigenvalue weighted by atomic mass is 10.1. The van der Waals surface area contributed by atoms with Crippen LogP contribution in [0.5, 0.6) is 0 Å². The first-order valence-corrected chi connectivity index (χ1v) is 7.18. The predicted molar refractivity (Wildman–Crippen MR) is 86.6 cm³/mol. The number of para-hydroxylation sites is 1. The third-order valence-electron chi connectivity index (χ3n) is 3.06. The number of benzene rings is 1. The molecule has 22 heavy (non-hydrogen) atoms. The molecule has 0 atom stereocenters. The monoisotopic (exact) mass is 299 g/mol. The molecule has 1 aromatic carbocycles. The minimum atomic E-state index is -0.317. The van der Waals surface area contributed by atoms with Gasteiger partial charge < -0.3 is 10.2 Å². The van der Waals surface area contributed by atoms with Crippen molar-refractivity contribution in [1.82, 2.24) is 15.2 Å². The standard InChI is InChI=1S/C17H21N3O2/c1-17(2,3)19-15(21)11-20(4)16(22)14-10-9-12-7-5-6-8-13(12)18-14/h5-10H,11H2,1-4H3,(H,19,21). The second-order valence-electron chi connectivity index (χ2n) is 6.35. The summed E-state index contributed by atoms with van der Waals surface area (Å²) in [6.07, 6.45) is 0. The summed E-state index contributed by atoms with van der Waals surface area (Å²) in [6, 6.07) is 11.1. The summed E-state index contributed by atoms with van der Waals surface area (Å²) in [5.74, 6) is -0.459. The van der Waals surface area contributed by atoms with Gasteiger partial charge in [0, 0.05) is 18.0 Å². The van der Waals surface area contributed by atoms with Gasteiger partial charge in [0.2, 0.25) is 5.91 Å². The highest BCUT2D eigenvalue weighted by Gasteiger charge is 2.19. The van der Waals surface area contributed by atoms with Crippen LogP contribution >= 0.6 is 0 Å². The van der Waals surface area contributed by atoms with Crippen LogP contribution in [0, 0.1) is 0 Å². The summed E-state index contributed by atoms with van der Waals surface area (Å²) in [5.41, 5.74) is 0.785. The number of likely N-dealkylation sites (N-methyl/N-ethyl adjacent to an activating group) is 1. The van der Waals surface area contributed by atoms with Crippen molar-refractivity contribution in [3.05, 3.63) is 42.1 Å². The second kappa shape index (κ2) is 6.13. The summed E-state index contributed by atoms with van der Waals surface area (Å²) in [4.78, 5) is 30.0. The first-order chi connectivity index (χ1) is 10.3. The van der Waals surface area contributed by atoms with Crippen LogP contribution in [-0.4, -0.2) is 40.8 Å². The van der Waals surface area contributed by atoms with Crippen molar-refractivity contribution in [2.24, 2.45) is 0 Å². The average Bonchev–Trinajstić information content (AvgIpc) is 2.43. The van der Waals surface area contributed by atoms with Gasteiger partial charge in [-0.3, -0.25) is 9.59 Å². The van der Waals surface area contributed by atoms with Gasteiger partial charge in [-0.15, -0.1) is 0 Å². The van der Waals surface area contributed by atoms with E-state index in [4.69, 9.17) is 0 Å². The lowest BCUT2D eigenvalue weighted by molar-refractivity contribution is -0.122. The molecule has 2 rings (SSSR count). The minimum Gasteiger partial charge on any atom is -0.350 e. The van der Waals surface area contributed by atoms with Crippen LogP contribution in [0.3, 0.4) is 0 Å². The Kier molecular flexibility index (Phi) is 4.45. The Bertz CT molecular complexity index is 704. The van der Waals surface area contributed by atoms with Gasteiger partial charge in [-0.05, 0) is 32.9 Å². The first-order valence-electron chi connectivity index (χ1n) is 7.18. The number of hydrogen-bond donors (Lipinski definition) is 1. The number of carbonyl (C=O) groups excluding carboxylic acids is 2. The Morgan fingerprint density at radius 3 is 2.50 bits per heavy atom. The normalized spacial score (nSPS) is 11.3. The van der Waals surface area contributed by atoms with E-state index in [0.29, 0.717) is 5.69 Å².